The Morgan fingerprint density at radius 1 is 1.37 bits per heavy atom. The molecule has 0 unspecified atom stereocenters. The molecule has 0 atom stereocenters. The summed E-state index contributed by atoms with van der Waals surface area (Å²) in [5.41, 5.74) is 1.44. The molecule has 1 aromatic carbocycles. The van der Waals surface area contributed by atoms with Crippen LogP contribution in [0.15, 0.2) is 28.7 Å². The zero-order chi connectivity index (χ0) is 13.8. The summed E-state index contributed by atoms with van der Waals surface area (Å²) >= 11 is 4.56. The molecule has 0 N–H and O–H groups in total. The van der Waals surface area contributed by atoms with Crippen LogP contribution < -0.4 is 4.74 Å². The molecule has 6 heteroatoms. The number of halogens is 1. The fourth-order valence-electron chi connectivity index (χ4n) is 1.53. The van der Waals surface area contributed by atoms with Crippen molar-refractivity contribution in [2.24, 2.45) is 0 Å². The van der Waals surface area contributed by atoms with E-state index in [4.69, 9.17) is 9.47 Å². The summed E-state index contributed by atoms with van der Waals surface area (Å²) in [6.45, 7) is 2.11. The van der Waals surface area contributed by atoms with Gasteiger partial charge in [-0.2, -0.15) is 0 Å². The molecule has 0 spiro atoms. The molecule has 100 valence electrons. The molecule has 4 nitrogen and oxygen atoms in total. The minimum atomic E-state index is -0.374. The third-order valence-corrected chi connectivity index (χ3v) is 3.89. The van der Waals surface area contributed by atoms with Crippen molar-refractivity contribution in [2.45, 2.75) is 6.92 Å². The molecule has 0 aliphatic heterocycles. The maximum Gasteiger partial charge on any atom is 0.350 e. The third kappa shape index (κ3) is 3.13. The molecule has 0 aliphatic rings. The second-order valence-corrected chi connectivity index (χ2v) is 5.47. The number of carbonyl (C=O) groups is 1. The van der Waals surface area contributed by atoms with Gasteiger partial charge in [0.25, 0.3) is 5.19 Å². The quantitative estimate of drug-likeness (QED) is 0.794. The molecule has 0 radical (unpaired) electrons. The monoisotopic (exact) mass is 341 g/mol. The Bertz CT molecular complexity index is 580. The van der Waals surface area contributed by atoms with Crippen molar-refractivity contribution >= 4 is 33.2 Å². The van der Waals surface area contributed by atoms with E-state index in [1.54, 1.807) is 6.92 Å². The van der Waals surface area contributed by atoms with Gasteiger partial charge in [-0.05, 0) is 19.1 Å². The number of carbonyl (C=O) groups excluding carboxylic acids is 1. The van der Waals surface area contributed by atoms with E-state index in [0.29, 0.717) is 22.4 Å². The van der Waals surface area contributed by atoms with Crippen LogP contribution in [0.5, 0.6) is 5.19 Å². The molecular formula is C13H12BrNO3S. The molecule has 1 aromatic heterocycles. The molecule has 0 saturated heterocycles. The van der Waals surface area contributed by atoms with Crippen LogP contribution in [-0.2, 0) is 4.74 Å². The minimum Gasteiger partial charge on any atom is -0.473 e. The van der Waals surface area contributed by atoms with Gasteiger partial charge in [0.05, 0.1) is 19.4 Å². The third-order valence-electron chi connectivity index (χ3n) is 2.36. The second-order valence-electron chi connectivity index (χ2n) is 3.59. The van der Waals surface area contributed by atoms with Crippen LogP contribution in [-0.4, -0.2) is 24.7 Å². The fraction of sp³-hybridized carbons (Fsp3) is 0.231. The lowest BCUT2D eigenvalue weighted by molar-refractivity contribution is 0.0532. The fourth-order valence-corrected chi connectivity index (χ4v) is 2.59. The van der Waals surface area contributed by atoms with E-state index in [2.05, 4.69) is 20.9 Å². The average molecular weight is 342 g/mol. The van der Waals surface area contributed by atoms with E-state index in [1.165, 1.54) is 18.4 Å². The van der Waals surface area contributed by atoms with Crippen LogP contribution in [0, 0.1) is 0 Å². The smallest absolute Gasteiger partial charge is 0.350 e. The molecule has 0 saturated carbocycles. The lowest BCUT2D eigenvalue weighted by atomic mass is 10.1. The van der Waals surface area contributed by atoms with Crippen LogP contribution in [0.2, 0.25) is 0 Å². The first kappa shape index (κ1) is 14.0. The zero-order valence-electron chi connectivity index (χ0n) is 10.5. The largest absolute Gasteiger partial charge is 0.473 e. The first-order valence-electron chi connectivity index (χ1n) is 5.63. The summed E-state index contributed by atoms with van der Waals surface area (Å²) in [5.74, 6) is -0.374. The number of benzene rings is 1. The van der Waals surface area contributed by atoms with Gasteiger partial charge in [0.15, 0.2) is 0 Å². The van der Waals surface area contributed by atoms with Gasteiger partial charge in [-0.25, -0.2) is 9.78 Å². The lowest BCUT2D eigenvalue weighted by Crippen LogP contribution is -2.03. The van der Waals surface area contributed by atoms with E-state index in [1.807, 2.05) is 24.3 Å². The Morgan fingerprint density at radius 3 is 2.63 bits per heavy atom. The van der Waals surface area contributed by atoms with Gasteiger partial charge in [-0.1, -0.05) is 39.4 Å². The molecule has 2 aromatic rings. The van der Waals surface area contributed by atoms with Crippen LogP contribution in [0.1, 0.15) is 16.6 Å². The molecule has 0 bridgehead atoms. The Labute approximate surface area is 123 Å². The van der Waals surface area contributed by atoms with Gasteiger partial charge < -0.3 is 9.47 Å². The van der Waals surface area contributed by atoms with Crippen LogP contribution in [0.4, 0.5) is 0 Å². The van der Waals surface area contributed by atoms with Crippen LogP contribution >= 0.6 is 27.3 Å². The SMILES string of the molecule is CCOC(=O)c1sc(OC)nc1-c1ccc(Br)cc1. The van der Waals surface area contributed by atoms with Crippen LogP contribution in [0.25, 0.3) is 11.3 Å². The minimum absolute atomic E-state index is 0.332. The Kier molecular flexibility index (Phi) is 4.55. The number of aromatic nitrogens is 1. The number of hydrogen-bond donors (Lipinski definition) is 0. The normalized spacial score (nSPS) is 10.3. The Morgan fingerprint density at radius 2 is 2.05 bits per heavy atom. The van der Waals surface area contributed by atoms with Crippen molar-refractivity contribution in [3.05, 3.63) is 33.6 Å². The molecule has 0 amide bonds. The predicted molar refractivity (Wildman–Crippen MR) is 77.8 cm³/mol. The standard InChI is InChI=1S/C13H12BrNO3S/c1-3-18-12(16)11-10(15-13(17-2)19-11)8-4-6-9(14)7-5-8/h4-7H,3H2,1-2H3. The van der Waals surface area contributed by atoms with Gasteiger partial charge in [-0.15, -0.1) is 0 Å². The van der Waals surface area contributed by atoms with Gasteiger partial charge >= 0.3 is 5.97 Å². The number of thiazole rings is 1. The molecular weight excluding hydrogens is 330 g/mol. The highest BCUT2D eigenvalue weighted by Gasteiger charge is 2.20. The summed E-state index contributed by atoms with van der Waals surface area (Å²) in [4.78, 5) is 16.7. The summed E-state index contributed by atoms with van der Waals surface area (Å²) in [6, 6.07) is 7.58. The number of methoxy groups -OCH3 is 1. The summed E-state index contributed by atoms with van der Waals surface area (Å²) in [5, 5.41) is 0.445. The van der Waals surface area contributed by atoms with Crippen molar-refractivity contribution in [3.63, 3.8) is 0 Å². The predicted octanol–water partition coefficient (Wildman–Crippen LogP) is 3.76. The first-order chi connectivity index (χ1) is 9.15. The van der Waals surface area contributed by atoms with Crippen molar-refractivity contribution in [1.29, 1.82) is 0 Å². The maximum absolute atomic E-state index is 11.9. The van der Waals surface area contributed by atoms with E-state index in [0.717, 1.165) is 10.0 Å². The summed E-state index contributed by atoms with van der Waals surface area (Å²) in [7, 11) is 1.53. The van der Waals surface area contributed by atoms with Gasteiger partial charge in [0.2, 0.25) is 0 Å². The number of hydrogen-bond acceptors (Lipinski definition) is 5. The highest BCUT2D eigenvalue weighted by molar-refractivity contribution is 9.10. The zero-order valence-corrected chi connectivity index (χ0v) is 12.9. The summed E-state index contributed by atoms with van der Waals surface area (Å²) < 4.78 is 11.1. The Balaban J connectivity index is 2.46. The van der Waals surface area contributed by atoms with Gasteiger partial charge in [0, 0.05) is 10.0 Å². The molecule has 19 heavy (non-hydrogen) atoms. The van der Waals surface area contributed by atoms with E-state index < -0.39 is 0 Å². The van der Waals surface area contributed by atoms with Crippen molar-refractivity contribution < 1.29 is 14.3 Å². The number of nitrogens with zero attached hydrogens (tertiary/aromatic N) is 1. The first-order valence-corrected chi connectivity index (χ1v) is 7.24. The average Bonchev–Trinajstić information content (AvgIpc) is 2.84. The van der Waals surface area contributed by atoms with Crippen molar-refractivity contribution in [3.8, 4) is 16.5 Å². The molecule has 0 fully saturated rings. The maximum atomic E-state index is 11.9. The van der Waals surface area contributed by atoms with E-state index in [-0.39, 0.29) is 5.97 Å². The highest BCUT2D eigenvalue weighted by Crippen LogP contribution is 2.33. The lowest BCUT2D eigenvalue weighted by Gasteiger charge is -2.02. The number of rotatable bonds is 4. The van der Waals surface area contributed by atoms with Gasteiger partial charge in [0.1, 0.15) is 4.88 Å². The van der Waals surface area contributed by atoms with Crippen molar-refractivity contribution in [1.82, 2.24) is 4.98 Å². The number of esters is 1. The van der Waals surface area contributed by atoms with Crippen LogP contribution in [0.3, 0.4) is 0 Å². The number of ether oxygens (including phenoxy) is 2. The highest BCUT2D eigenvalue weighted by atomic mass is 79.9. The Hall–Kier alpha value is -1.40. The van der Waals surface area contributed by atoms with Gasteiger partial charge in [-0.3, -0.25) is 0 Å². The molecule has 2 rings (SSSR count). The summed E-state index contributed by atoms with van der Waals surface area (Å²) in [6.07, 6.45) is 0. The second kappa shape index (κ2) is 6.16. The van der Waals surface area contributed by atoms with E-state index in [9.17, 15) is 4.79 Å². The van der Waals surface area contributed by atoms with Crippen molar-refractivity contribution in [2.75, 3.05) is 13.7 Å². The topological polar surface area (TPSA) is 48.4 Å². The van der Waals surface area contributed by atoms with E-state index >= 15 is 0 Å². The molecule has 0 aliphatic carbocycles. The molecule has 1 heterocycles.